The van der Waals surface area contributed by atoms with Crippen LogP contribution in [0, 0.1) is 0 Å². The molecule has 2 N–H and O–H groups in total. The molecule has 10 heteroatoms. The Kier molecular flexibility index (Phi) is 11.7. The minimum Gasteiger partial charge on any atom is -0.490 e. The summed E-state index contributed by atoms with van der Waals surface area (Å²) in [4.78, 5) is 23.7. The fraction of sp³-hybridized carbons (Fsp3) is 0.375. The van der Waals surface area contributed by atoms with E-state index in [9.17, 15) is 9.59 Å². The van der Waals surface area contributed by atoms with Gasteiger partial charge in [0.05, 0.1) is 23.9 Å². The normalized spacial score (nSPS) is 11.0. The molecule has 184 valence electrons. The summed E-state index contributed by atoms with van der Waals surface area (Å²) in [7, 11) is 0. The monoisotopic (exact) mass is 509 g/mol. The molecule has 2 rings (SSSR count). The molecule has 0 aliphatic carbocycles. The van der Waals surface area contributed by atoms with E-state index < -0.39 is 11.8 Å². The number of rotatable bonds is 12. The van der Waals surface area contributed by atoms with E-state index in [1.165, 1.54) is 6.21 Å². The van der Waals surface area contributed by atoms with Crippen LogP contribution in [0.2, 0.25) is 10.0 Å². The van der Waals surface area contributed by atoms with Crippen molar-refractivity contribution in [2.45, 2.75) is 39.9 Å². The zero-order chi connectivity index (χ0) is 24.9. The van der Waals surface area contributed by atoms with E-state index >= 15 is 0 Å². The van der Waals surface area contributed by atoms with Gasteiger partial charge in [0.25, 0.3) is 0 Å². The molecule has 0 unspecified atom stereocenters. The largest absolute Gasteiger partial charge is 0.490 e. The average molecular weight is 510 g/mol. The molecule has 0 atom stereocenters. The number of ether oxygens (including phenoxy) is 3. The van der Waals surface area contributed by atoms with Gasteiger partial charge in [-0.2, -0.15) is 5.10 Å². The first-order chi connectivity index (χ1) is 16.3. The van der Waals surface area contributed by atoms with Gasteiger partial charge in [-0.05, 0) is 62.6 Å². The van der Waals surface area contributed by atoms with Crippen molar-refractivity contribution in [3.05, 3.63) is 57.6 Å². The molecule has 0 saturated carbocycles. The third-order valence-corrected chi connectivity index (χ3v) is 4.80. The first-order valence-electron chi connectivity index (χ1n) is 10.9. The van der Waals surface area contributed by atoms with Crippen LogP contribution in [0.15, 0.2) is 41.5 Å². The van der Waals surface area contributed by atoms with Crippen LogP contribution >= 0.6 is 23.2 Å². The van der Waals surface area contributed by atoms with Crippen molar-refractivity contribution in [1.29, 1.82) is 0 Å². The van der Waals surface area contributed by atoms with Gasteiger partial charge < -0.3 is 19.5 Å². The third kappa shape index (κ3) is 9.59. The predicted molar refractivity (Wildman–Crippen MR) is 133 cm³/mol. The van der Waals surface area contributed by atoms with E-state index in [1.54, 1.807) is 24.3 Å². The molecule has 0 radical (unpaired) electrons. The van der Waals surface area contributed by atoms with E-state index in [4.69, 9.17) is 37.4 Å². The molecule has 2 amide bonds. The number of benzene rings is 2. The van der Waals surface area contributed by atoms with Gasteiger partial charge in [0.15, 0.2) is 11.5 Å². The minimum atomic E-state index is -0.875. The van der Waals surface area contributed by atoms with Crippen molar-refractivity contribution >= 4 is 41.2 Å². The van der Waals surface area contributed by atoms with Gasteiger partial charge in [-0.25, -0.2) is 5.43 Å². The van der Waals surface area contributed by atoms with Gasteiger partial charge in [-0.15, -0.1) is 0 Å². The molecule has 2 aromatic carbocycles. The first-order valence-corrected chi connectivity index (χ1v) is 11.6. The summed E-state index contributed by atoms with van der Waals surface area (Å²) in [5, 5.41) is 7.29. The summed E-state index contributed by atoms with van der Waals surface area (Å²) in [6, 6.07) is 10.6. The number of carbonyl (C=O) groups excluding carboxylic acids is 2. The molecule has 2 aromatic rings. The zero-order valence-corrected chi connectivity index (χ0v) is 20.9. The van der Waals surface area contributed by atoms with Crippen molar-refractivity contribution in [2.24, 2.45) is 5.10 Å². The molecule has 34 heavy (non-hydrogen) atoms. The lowest BCUT2D eigenvalue weighted by atomic mass is 10.2. The third-order valence-electron chi connectivity index (χ3n) is 4.27. The molecular formula is C24H29Cl2N3O5. The topological polar surface area (TPSA) is 98.2 Å². The first kappa shape index (κ1) is 27.4. The number of carbonyl (C=O) groups is 2. The smallest absolute Gasteiger partial charge is 0.329 e. The van der Waals surface area contributed by atoms with E-state index in [0.29, 0.717) is 53.3 Å². The molecule has 0 heterocycles. The van der Waals surface area contributed by atoms with Crippen LogP contribution in [0.5, 0.6) is 11.5 Å². The maximum atomic E-state index is 11.9. The molecule has 8 nitrogen and oxygen atoms in total. The highest BCUT2D eigenvalue weighted by Crippen LogP contribution is 2.37. The second kappa shape index (κ2) is 14.5. The number of nitrogens with zero attached hydrogens (tertiary/aromatic N) is 1. The van der Waals surface area contributed by atoms with Crippen LogP contribution in [0.3, 0.4) is 0 Å². The van der Waals surface area contributed by atoms with E-state index in [0.717, 1.165) is 5.56 Å². The number of amides is 2. The van der Waals surface area contributed by atoms with Crippen LogP contribution in [-0.2, 0) is 20.9 Å². The predicted octanol–water partition coefficient (Wildman–Crippen LogP) is 4.35. The molecular weight excluding hydrogens is 481 g/mol. The van der Waals surface area contributed by atoms with Gasteiger partial charge in [-0.1, -0.05) is 35.3 Å². The molecule has 0 aromatic heterocycles. The van der Waals surface area contributed by atoms with Crippen LogP contribution in [0.4, 0.5) is 0 Å². The summed E-state index contributed by atoms with van der Waals surface area (Å²) < 4.78 is 16.9. The summed E-state index contributed by atoms with van der Waals surface area (Å²) >= 11 is 12.3. The fourth-order valence-electron chi connectivity index (χ4n) is 2.69. The Hall–Kier alpha value is -2.81. The van der Waals surface area contributed by atoms with Gasteiger partial charge in [0, 0.05) is 18.2 Å². The lowest BCUT2D eigenvalue weighted by Crippen LogP contribution is -2.38. The van der Waals surface area contributed by atoms with Crippen molar-refractivity contribution in [3.63, 3.8) is 0 Å². The fourth-order valence-corrected chi connectivity index (χ4v) is 3.09. The lowest BCUT2D eigenvalue weighted by Gasteiger charge is -2.14. The Balaban J connectivity index is 1.93. The molecule has 0 spiro atoms. The Bertz CT molecular complexity index is 981. The van der Waals surface area contributed by atoms with Gasteiger partial charge in [0.2, 0.25) is 0 Å². The molecule has 0 aliphatic heterocycles. The number of hydrogen-bond acceptors (Lipinski definition) is 6. The van der Waals surface area contributed by atoms with Crippen LogP contribution in [-0.4, -0.2) is 43.9 Å². The SMILES string of the molecule is CCOc1cc(/C=N\NC(=O)C(=O)NCCCOC(C)C)cc(Cl)c1OCc1ccc(Cl)cc1. The standard InChI is InChI=1S/C24H29Cl2N3O5/c1-4-32-21-13-18(12-20(26)22(21)34-15-17-6-8-19(25)9-7-17)14-28-29-24(31)23(30)27-10-5-11-33-16(2)3/h6-9,12-14,16H,4-5,10-11,15H2,1-3H3,(H,27,30)(H,29,31)/b28-14-. The van der Waals surface area contributed by atoms with Crippen molar-refractivity contribution < 1.29 is 23.8 Å². The number of hydrazone groups is 1. The Morgan fingerprint density at radius 3 is 2.50 bits per heavy atom. The highest BCUT2D eigenvalue weighted by Gasteiger charge is 2.14. The Morgan fingerprint density at radius 2 is 1.82 bits per heavy atom. The van der Waals surface area contributed by atoms with E-state index in [1.807, 2.05) is 32.9 Å². The van der Waals surface area contributed by atoms with Crippen LogP contribution in [0.1, 0.15) is 38.3 Å². The van der Waals surface area contributed by atoms with Crippen molar-refractivity contribution in [1.82, 2.24) is 10.7 Å². The molecule has 0 saturated heterocycles. The second-order valence-electron chi connectivity index (χ2n) is 7.41. The Labute approximate surface area is 209 Å². The molecule has 0 bridgehead atoms. The minimum absolute atomic E-state index is 0.120. The summed E-state index contributed by atoms with van der Waals surface area (Å²) in [5.41, 5.74) is 3.66. The summed E-state index contributed by atoms with van der Waals surface area (Å²) in [6.07, 6.45) is 2.08. The van der Waals surface area contributed by atoms with Crippen molar-refractivity contribution in [2.75, 3.05) is 19.8 Å². The molecule has 0 aliphatic rings. The highest BCUT2D eigenvalue weighted by atomic mass is 35.5. The van der Waals surface area contributed by atoms with Crippen LogP contribution < -0.4 is 20.2 Å². The molecule has 0 fully saturated rings. The van der Waals surface area contributed by atoms with Crippen LogP contribution in [0.25, 0.3) is 0 Å². The van der Waals surface area contributed by atoms with Gasteiger partial charge >= 0.3 is 11.8 Å². The zero-order valence-electron chi connectivity index (χ0n) is 19.4. The number of nitrogens with one attached hydrogen (secondary N) is 2. The Morgan fingerprint density at radius 1 is 1.09 bits per heavy atom. The van der Waals surface area contributed by atoms with E-state index in [-0.39, 0.29) is 12.7 Å². The maximum Gasteiger partial charge on any atom is 0.329 e. The number of halogens is 2. The van der Waals surface area contributed by atoms with Gasteiger partial charge in [0.1, 0.15) is 6.61 Å². The average Bonchev–Trinajstić information content (AvgIpc) is 2.79. The quantitative estimate of drug-likeness (QED) is 0.192. The maximum absolute atomic E-state index is 11.9. The lowest BCUT2D eigenvalue weighted by molar-refractivity contribution is -0.139. The van der Waals surface area contributed by atoms with Gasteiger partial charge in [-0.3, -0.25) is 9.59 Å². The summed E-state index contributed by atoms with van der Waals surface area (Å²) in [5.74, 6) is -0.834. The highest BCUT2D eigenvalue weighted by molar-refractivity contribution is 6.35. The van der Waals surface area contributed by atoms with E-state index in [2.05, 4.69) is 15.8 Å². The second-order valence-corrected chi connectivity index (χ2v) is 8.25. The van der Waals surface area contributed by atoms with Crippen molar-refractivity contribution in [3.8, 4) is 11.5 Å². The number of hydrogen-bond donors (Lipinski definition) is 2. The summed E-state index contributed by atoms with van der Waals surface area (Å²) in [6.45, 7) is 7.19.